The molecule has 0 aromatic rings. The summed E-state index contributed by atoms with van der Waals surface area (Å²) in [6.07, 6.45) is 1.51. The number of carbonyl (C=O) groups is 2. The lowest BCUT2D eigenvalue weighted by atomic mass is 9.93. The molecule has 1 fully saturated rings. The summed E-state index contributed by atoms with van der Waals surface area (Å²) in [5.41, 5.74) is 5.76. The number of urea groups is 1. The number of hydrogen-bond donors (Lipinski definition) is 2. The number of amides is 3. The molecular formula is C15H30N4O2. The maximum atomic E-state index is 12.3. The van der Waals surface area contributed by atoms with Crippen LogP contribution in [-0.4, -0.2) is 61.0 Å². The maximum absolute atomic E-state index is 12.3. The van der Waals surface area contributed by atoms with Crippen molar-refractivity contribution in [3.05, 3.63) is 0 Å². The number of nitrogens with one attached hydrogen (secondary N) is 1. The van der Waals surface area contributed by atoms with Crippen LogP contribution in [0.5, 0.6) is 0 Å². The number of piperazine rings is 1. The Hall–Kier alpha value is -1.30. The third kappa shape index (κ3) is 5.91. The zero-order valence-corrected chi connectivity index (χ0v) is 13.6. The highest BCUT2D eigenvalue weighted by Crippen LogP contribution is 2.16. The first-order valence-electron chi connectivity index (χ1n) is 7.98. The van der Waals surface area contributed by atoms with E-state index in [1.807, 2.05) is 11.8 Å². The summed E-state index contributed by atoms with van der Waals surface area (Å²) in [5.74, 6) is 0.988. The number of hydrogen-bond acceptors (Lipinski definition) is 3. The van der Waals surface area contributed by atoms with Gasteiger partial charge in [-0.2, -0.15) is 0 Å². The second-order valence-electron chi connectivity index (χ2n) is 6.14. The van der Waals surface area contributed by atoms with Gasteiger partial charge in [0.1, 0.15) is 0 Å². The molecule has 0 unspecified atom stereocenters. The summed E-state index contributed by atoms with van der Waals surface area (Å²) in [6.45, 7) is 9.85. The molecule has 0 saturated carbocycles. The van der Waals surface area contributed by atoms with Gasteiger partial charge in [-0.05, 0) is 31.7 Å². The van der Waals surface area contributed by atoms with E-state index in [0.29, 0.717) is 51.6 Å². The first-order valence-corrected chi connectivity index (χ1v) is 7.98. The molecular weight excluding hydrogens is 268 g/mol. The molecule has 1 aliphatic rings. The van der Waals surface area contributed by atoms with Crippen LogP contribution in [-0.2, 0) is 4.79 Å². The lowest BCUT2D eigenvalue weighted by molar-refractivity contribution is -0.133. The number of nitrogens with zero attached hydrogens (tertiary/aromatic N) is 2. The van der Waals surface area contributed by atoms with E-state index < -0.39 is 0 Å². The van der Waals surface area contributed by atoms with Gasteiger partial charge in [0.2, 0.25) is 5.91 Å². The van der Waals surface area contributed by atoms with Crippen LogP contribution in [0.15, 0.2) is 0 Å². The second kappa shape index (κ2) is 8.87. The molecule has 0 aliphatic carbocycles. The van der Waals surface area contributed by atoms with E-state index in [2.05, 4.69) is 19.2 Å². The summed E-state index contributed by atoms with van der Waals surface area (Å²) >= 11 is 0. The van der Waals surface area contributed by atoms with E-state index in [1.54, 1.807) is 4.90 Å². The van der Waals surface area contributed by atoms with Gasteiger partial charge in [0.05, 0.1) is 0 Å². The van der Waals surface area contributed by atoms with E-state index in [4.69, 9.17) is 5.73 Å². The summed E-state index contributed by atoms with van der Waals surface area (Å²) in [6, 6.07) is -0.0377. The molecule has 0 radical (unpaired) electrons. The van der Waals surface area contributed by atoms with Gasteiger partial charge in [0, 0.05) is 39.1 Å². The van der Waals surface area contributed by atoms with E-state index in [-0.39, 0.29) is 17.9 Å². The fourth-order valence-corrected chi connectivity index (χ4v) is 2.73. The van der Waals surface area contributed by atoms with Crippen molar-refractivity contribution in [3.8, 4) is 0 Å². The SMILES string of the molecule is CCNC(=O)N1CCN(C(=O)C[C@@H](CN)CC(C)C)CC1. The molecule has 0 spiro atoms. The first kappa shape index (κ1) is 17.8. The Balaban J connectivity index is 2.39. The van der Waals surface area contributed by atoms with Crippen molar-refractivity contribution in [2.45, 2.75) is 33.6 Å². The molecule has 122 valence electrons. The van der Waals surface area contributed by atoms with Gasteiger partial charge in [-0.3, -0.25) is 4.79 Å². The molecule has 3 N–H and O–H groups in total. The van der Waals surface area contributed by atoms with Crippen molar-refractivity contribution in [3.63, 3.8) is 0 Å². The molecule has 21 heavy (non-hydrogen) atoms. The molecule has 0 bridgehead atoms. The molecule has 1 aliphatic heterocycles. The normalized spacial score (nSPS) is 17.0. The Morgan fingerprint density at radius 3 is 2.19 bits per heavy atom. The standard InChI is InChI=1S/C15H30N4O2/c1-4-17-15(21)19-7-5-18(6-8-19)14(20)10-13(11-16)9-12(2)3/h12-13H,4-11,16H2,1-3H3,(H,17,21)/t13-/m0/s1. The molecule has 1 rings (SSSR count). The lowest BCUT2D eigenvalue weighted by Crippen LogP contribution is -2.53. The highest BCUT2D eigenvalue weighted by molar-refractivity contribution is 5.78. The van der Waals surface area contributed by atoms with Crippen molar-refractivity contribution in [2.75, 3.05) is 39.3 Å². The van der Waals surface area contributed by atoms with Gasteiger partial charge in [-0.25, -0.2) is 4.79 Å². The molecule has 3 amide bonds. The van der Waals surface area contributed by atoms with Crippen LogP contribution in [0, 0.1) is 11.8 Å². The Morgan fingerprint density at radius 1 is 1.14 bits per heavy atom. The van der Waals surface area contributed by atoms with E-state index >= 15 is 0 Å². The van der Waals surface area contributed by atoms with Crippen molar-refractivity contribution in [1.29, 1.82) is 0 Å². The van der Waals surface area contributed by atoms with Crippen molar-refractivity contribution in [2.24, 2.45) is 17.6 Å². The molecule has 1 heterocycles. The minimum atomic E-state index is -0.0377. The van der Waals surface area contributed by atoms with E-state index in [9.17, 15) is 9.59 Å². The Labute approximate surface area is 128 Å². The first-order chi connectivity index (χ1) is 9.97. The minimum absolute atomic E-state index is 0.0377. The lowest BCUT2D eigenvalue weighted by Gasteiger charge is -2.35. The average molecular weight is 298 g/mol. The summed E-state index contributed by atoms with van der Waals surface area (Å²) in [7, 11) is 0. The fraction of sp³-hybridized carbons (Fsp3) is 0.867. The smallest absolute Gasteiger partial charge is 0.317 e. The van der Waals surface area contributed by atoms with Gasteiger partial charge in [0.25, 0.3) is 0 Å². The molecule has 6 heteroatoms. The molecule has 0 aromatic heterocycles. The van der Waals surface area contributed by atoms with Gasteiger partial charge in [0.15, 0.2) is 0 Å². The van der Waals surface area contributed by atoms with Crippen LogP contribution in [0.2, 0.25) is 0 Å². The largest absolute Gasteiger partial charge is 0.339 e. The van der Waals surface area contributed by atoms with Crippen LogP contribution in [0.25, 0.3) is 0 Å². The van der Waals surface area contributed by atoms with Crippen molar-refractivity contribution >= 4 is 11.9 Å². The number of nitrogens with two attached hydrogens (primary N) is 1. The quantitative estimate of drug-likeness (QED) is 0.764. The highest BCUT2D eigenvalue weighted by Gasteiger charge is 2.25. The zero-order valence-electron chi connectivity index (χ0n) is 13.6. The monoisotopic (exact) mass is 298 g/mol. The number of rotatable bonds is 6. The molecule has 1 saturated heterocycles. The Kier molecular flexibility index (Phi) is 7.50. The predicted octanol–water partition coefficient (Wildman–Crippen LogP) is 0.871. The minimum Gasteiger partial charge on any atom is -0.339 e. The van der Waals surface area contributed by atoms with Crippen LogP contribution >= 0.6 is 0 Å². The highest BCUT2D eigenvalue weighted by atomic mass is 16.2. The van der Waals surface area contributed by atoms with Gasteiger partial charge >= 0.3 is 6.03 Å². The van der Waals surface area contributed by atoms with Gasteiger partial charge < -0.3 is 20.9 Å². The fourth-order valence-electron chi connectivity index (χ4n) is 2.73. The van der Waals surface area contributed by atoms with Crippen LogP contribution < -0.4 is 11.1 Å². The van der Waals surface area contributed by atoms with Crippen molar-refractivity contribution in [1.82, 2.24) is 15.1 Å². The predicted molar refractivity (Wildman–Crippen MR) is 83.8 cm³/mol. The van der Waals surface area contributed by atoms with Crippen LogP contribution in [0.3, 0.4) is 0 Å². The average Bonchev–Trinajstić information content (AvgIpc) is 2.46. The van der Waals surface area contributed by atoms with Crippen molar-refractivity contribution < 1.29 is 9.59 Å². The van der Waals surface area contributed by atoms with Crippen LogP contribution in [0.4, 0.5) is 4.79 Å². The van der Waals surface area contributed by atoms with Crippen LogP contribution in [0.1, 0.15) is 33.6 Å². The molecule has 6 nitrogen and oxygen atoms in total. The molecule has 0 aromatic carbocycles. The topological polar surface area (TPSA) is 78.7 Å². The number of carbonyl (C=O) groups excluding carboxylic acids is 2. The summed E-state index contributed by atoms with van der Waals surface area (Å²) in [5, 5.41) is 2.79. The third-order valence-corrected chi connectivity index (χ3v) is 3.85. The third-order valence-electron chi connectivity index (χ3n) is 3.85. The van der Waals surface area contributed by atoms with E-state index in [0.717, 1.165) is 6.42 Å². The van der Waals surface area contributed by atoms with E-state index in [1.165, 1.54) is 0 Å². The Bertz CT molecular complexity index is 339. The van der Waals surface area contributed by atoms with Gasteiger partial charge in [-0.1, -0.05) is 13.8 Å². The Morgan fingerprint density at radius 2 is 1.71 bits per heavy atom. The summed E-state index contributed by atoms with van der Waals surface area (Å²) < 4.78 is 0. The van der Waals surface area contributed by atoms with Gasteiger partial charge in [-0.15, -0.1) is 0 Å². The summed E-state index contributed by atoms with van der Waals surface area (Å²) in [4.78, 5) is 27.6. The molecule has 1 atom stereocenters. The maximum Gasteiger partial charge on any atom is 0.317 e. The zero-order chi connectivity index (χ0) is 15.8. The second-order valence-corrected chi connectivity index (χ2v) is 6.14.